The second kappa shape index (κ2) is 7.46. The van der Waals surface area contributed by atoms with Crippen LogP contribution in [0, 0.1) is 11.8 Å². The topological polar surface area (TPSA) is 78.5 Å². The summed E-state index contributed by atoms with van der Waals surface area (Å²) in [4.78, 5) is 38.4. The van der Waals surface area contributed by atoms with E-state index in [1.807, 2.05) is 18.2 Å². The van der Waals surface area contributed by atoms with Gasteiger partial charge in [-0.2, -0.15) is 0 Å². The zero-order chi connectivity index (χ0) is 19.7. The molecule has 144 valence electrons. The van der Waals surface area contributed by atoms with Crippen LogP contribution >= 0.6 is 0 Å². The fourth-order valence-electron chi connectivity index (χ4n) is 3.54. The van der Waals surface area contributed by atoms with Crippen molar-refractivity contribution in [1.29, 1.82) is 0 Å². The van der Waals surface area contributed by atoms with Gasteiger partial charge in [-0.05, 0) is 55.2 Å². The third-order valence-corrected chi connectivity index (χ3v) is 5.38. The van der Waals surface area contributed by atoms with E-state index in [2.05, 4.69) is 17.6 Å². The Hall–Kier alpha value is -3.15. The molecule has 1 heterocycles. The van der Waals surface area contributed by atoms with Crippen LogP contribution in [0.4, 0.5) is 17.1 Å². The van der Waals surface area contributed by atoms with E-state index in [4.69, 9.17) is 0 Å². The number of benzene rings is 2. The molecule has 2 aliphatic rings. The van der Waals surface area contributed by atoms with Crippen molar-refractivity contribution in [1.82, 2.24) is 0 Å². The van der Waals surface area contributed by atoms with Crippen LogP contribution < -0.4 is 15.5 Å². The van der Waals surface area contributed by atoms with Crippen molar-refractivity contribution >= 4 is 34.8 Å². The molecule has 0 bridgehead atoms. The third kappa shape index (κ3) is 3.76. The summed E-state index contributed by atoms with van der Waals surface area (Å²) < 4.78 is 0. The van der Waals surface area contributed by atoms with Crippen LogP contribution in [0.2, 0.25) is 0 Å². The summed E-state index contributed by atoms with van der Waals surface area (Å²) >= 11 is 0. The van der Waals surface area contributed by atoms with Gasteiger partial charge in [-0.3, -0.25) is 14.4 Å². The van der Waals surface area contributed by atoms with Gasteiger partial charge in [-0.1, -0.05) is 19.1 Å². The van der Waals surface area contributed by atoms with Gasteiger partial charge >= 0.3 is 0 Å². The predicted molar refractivity (Wildman–Crippen MR) is 108 cm³/mol. The lowest BCUT2D eigenvalue weighted by Crippen LogP contribution is -2.25. The summed E-state index contributed by atoms with van der Waals surface area (Å²) in [5, 5.41) is 5.78. The van der Waals surface area contributed by atoms with Gasteiger partial charge in [0.05, 0.1) is 11.4 Å². The van der Waals surface area contributed by atoms with Crippen molar-refractivity contribution in [2.75, 3.05) is 22.1 Å². The molecule has 1 aliphatic carbocycles. The molecular weight excluding hydrogens is 354 g/mol. The number of nitrogens with zero attached hydrogens (tertiary/aromatic N) is 1. The molecule has 28 heavy (non-hydrogen) atoms. The number of rotatable bonds is 5. The zero-order valence-electron chi connectivity index (χ0n) is 15.8. The highest BCUT2D eigenvalue weighted by Crippen LogP contribution is 2.38. The van der Waals surface area contributed by atoms with Gasteiger partial charge in [-0.15, -0.1) is 0 Å². The Balaban J connectivity index is 1.44. The maximum atomic E-state index is 12.7. The molecule has 2 atom stereocenters. The Bertz CT molecular complexity index is 923. The number of nitrogens with one attached hydrogen (secondary N) is 2. The average Bonchev–Trinajstić information content (AvgIpc) is 3.28. The fourth-order valence-corrected chi connectivity index (χ4v) is 3.54. The molecular formula is C22H23N3O3. The minimum absolute atomic E-state index is 0.0360. The van der Waals surface area contributed by atoms with Crippen LogP contribution in [-0.2, 0) is 9.59 Å². The third-order valence-electron chi connectivity index (χ3n) is 5.38. The Morgan fingerprint density at radius 1 is 1.04 bits per heavy atom. The largest absolute Gasteiger partial charge is 0.326 e. The summed E-state index contributed by atoms with van der Waals surface area (Å²) in [6, 6.07) is 14.2. The average molecular weight is 377 g/mol. The van der Waals surface area contributed by atoms with E-state index in [1.165, 1.54) is 0 Å². The number of hydrogen-bond donors (Lipinski definition) is 2. The molecule has 1 saturated heterocycles. The van der Waals surface area contributed by atoms with Gasteiger partial charge < -0.3 is 15.5 Å². The molecule has 2 N–H and O–H groups in total. The summed E-state index contributed by atoms with van der Waals surface area (Å²) in [6.45, 7) is 2.73. The van der Waals surface area contributed by atoms with E-state index >= 15 is 0 Å². The van der Waals surface area contributed by atoms with Gasteiger partial charge in [0, 0.05) is 30.1 Å². The number of anilines is 3. The first-order chi connectivity index (χ1) is 13.5. The van der Waals surface area contributed by atoms with Crippen molar-refractivity contribution in [2.45, 2.75) is 26.2 Å². The molecule has 0 spiro atoms. The molecule has 0 aromatic heterocycles. The van der Waals surface area contributed by atoms with E-state index in [0.717, 1.165) is 18.5 Å². The monoisotopic (exact) mass is 377 g/mol. The minimum atomic E-state index is -0.257. The van der Waals surface area contributed by atoms with E-state index in [9.17, 15) is 14.4 Å². The van der Waals surface area contributed by atoms with Gasteiger partial charge in [0.1, 0.15) is 0 Å². The normalized spacial score (nSPS) is 20.8. The van der Waals surface area contributed by atoms with Crippen molar-refractivity contribution < 1.29 is 14.4 Å². The fraction of sp³-hybridized carbons (Fsp3) is 0.318. The molecule has 2 fully saturated rings. The van der Waals surface area contributed by atoms with Crippen molar-refractivity contribution in [2.24, 2.45) is 11.8 Å². The second-order valence-corrected chi connectivity index (χ2v) is 7.51. The van der Waals surface area contributed by atoms with Gasteiger partial charge in [0.2, 0.25) is 11.8 Å². The Morgan fingerprint density at radius 2 is 1.75 bits per heavy atom. The molecule has 2 unspecified atom stereocenters. The first kappa shape index (κ1) is 18.2. The minimum Gasteiger partial charge on any atom is -0.326 e. The lowest BCUT2D eigenvalue weighted by atomic mass is 10.1. The van der Waals surface area contributed by atoms with Crippen molar-refractivity contribution in [3.63, 3.8) is 0 Å². The first-order valence-electron chi connectivity index (χ1n) is 9.64. The summed E-state index contributed by atoms with van der Waals surface area (Å²) in [5.41, 5.74) is 2.51. The summed E-state index contributed by atoms with van der Waals surface area (Å²) in [6.07, 6.45) is 2.30. The molecule has 3 amide bonds. The highest BCUT2D eigenvalue weighted by Gasteiger charge is 2.39. The number of hydrogen-bond acceptors (Lipinski definition) is 3. The van der Waals surface area contributed by atoms with E-state index in [1.54, 1.807) is 35.2 Å². The zero-order valence-corrected chi connectivity index (χ0v) is 15.8. The molecule has 6 nitrogen and oxygen atoms in total. The van der Waals surface area contributed by atoms with Crippen LogP contribution in [0.15, 0.2) is 48.5 Å². The Labute approximate surface area is 163 Å². The highest BCUT2D eigenvalue weighted by molar-refractivity contribution is 6.08. The molecule has 0 radical (unpaired) electrons. The predicted octanol–water partition coefficient (Wildman–Crippen LogP) is 3.66. The maximum absolute atomic E-state index is 12.7. The van der Waals surface area contributed by atoms with Crippen LogP contribution in [0.3, 0.4) is 0 Å². The lowest BCUT2D eigenvalue weighted by Gasteiger charge is -2.20. The Morgan fingerprint density at radius 3 is 2.39 bits per heavy atom. The molecule has 2 aromatic rings. The molecule has 1 saturated carbocycles. The summed E-state index contributed by atoms with van der Waals surface area (Å²) in [7, 11) is 0. The maximum Gasteiger partial charge on any atom is 0.255 e. The number of carbonyl (C=O) groups excluding carboxylic acids is 3. The number of carbonyl (C=O) groups is 3. The van der Waals surface area contributed by atoms with Crippen LogP contribution in [0.1, 0.15) is 36.5 Å². The second-order valence-electron chi connectivity index (χ2n) is 7.51. The summed E-state index contributed by atoms with van der Waals surface area (Å²) in [5.74, 6) is 0.411. The van der Waals surface area contributed by atoms with Gasteiger partial charge in [0.25, 0.3) is 5.91 Å². The van der Waals surface area contributed by atoms with E-state index < -0.39 is 0 Å². The lowest BCUT2D eigenvalue weighted by molar-refractivity contribution is -0.118. The van der Waals surface area contributed by atoms with E-state index in [0.29, 0.717) is 35.8 Å². The molecule has 1 aliphatic heterocycles. The van der Waals surface area contributed by atoms with Crippen molar-refractivity contribution in [3.05, 3.63) is 54.1 Å². The molecule has 2 aromatic carbocycles. The van der Waals surface area contributed by atoms with Crippen molar-refractivity contribution in [3.8, 4) is 0 Å². The van der Waals surface area contributed by atoms with Gasteiger partial charge in [0.15, 0.2) is 0 Å². The van der Waals surface area contributed by atoms with Crippen LogP contribution in [-0.4, -0.2) is 24.3 Å². The molecule has 4 rings (SSSR count). The SMILES string of the molecule is CC1CC1C(=O)Nc1ccc(C(=O)Nc2ccccc2N2CCCC2=O)cc1. The van der Waals surface area contributed by atoms with Crippen LogP contribution in [0.25, 0.3) is 0 Å². The molecule has 6 heteroatoms. The quantitative estimate of drug-likeness (QED) is 0.835. The standard InChI is InChI=1S/C22H23N3O3/c1-14-13-17(14)22(28)23-16-10-8-15(9-11-16)21(27)24-18-5-2-3-6-19(18)25-12-4-7-20(25)26/h2-3,5-6,8-11,14,17H,4,7,12-13H2,1H3,(H,23,28)(H,24,27). The smallest absolute Gasteiger partial charge is 0.255 e. The highest BCUT2D eigenvalue weighted by atomic mass is 16.2. The van der Waals surface area contributed by atoms with Gasteiger partial charge in [-0.25, -0.2) is 0 Å². The van der Waals surface area contributed by atoms with Crippen LogP contribution in [0.5, 0.6) is 0 Å². The number of amides is 3. The van der Waals surface area contributed by atoms with E-state index in [-0.39, 0.29) is 23.6 Å². The first-order valence-corrected chi connectivity index (χ1v) is 9.64. The number of para-hydroxylation sites is 2. The Kier molecular flexibility index (Phi) is 4.86.